The second kappa shape index (κ2) is 5.35. The Labute approximate surface area is 99.2 Å². The van der Waals surface area contributed by atoms with Crippen LogP contribution >= 0.6 is 0 Å². The predicted octanol–water partition coefficient (Wildman–Crippen LogP) is 0.234. The molecule has 0 saturated heterocycles. The van der Waals surface area contributed by atoms with Gasteiger partial charge in [0.15, 0.2) is 11.5 Å². The molecule has 0 saturated carbocycles. The topological polar surface area (TPSA) is 79.2 Å². The molecule has 17 heavy (non-hydrogen) atoms. The molecule has 0 aromatic heterocycles. The van der Waals surface area contributed by atoms with E-state index < -0.39 is 18.8 Å². The van der Waals surface area contributed by atoms with Crippen LogP contribution in [0, 0.1) is 0 Å². The van der Waals surface area contributed by atoms with Gasteiger partial charge in [0.2, 0.25) is 0 Å². The summed E-state index contributed by atoms with van der Waals surface area (Å²) in [5.74, 6) is 1.20. The largest absolute Gasteiger partial charge is 0.490 e. The van der Waals surface area contributed by atoms with Crippen LogP contribution in [0.25, 0.3) is 0 Å². The minimum Gasteiger partial charge on any atom is -0.490 e. The molecule has 1 aliphatic rings. The first-order valence-corrected chi connectivity index (χ1v) is 5.59. The Morgan fingerprint density at radius 1 is 1.12 bits per heavy atom. The Morgan fingerprint density at radius 3 is 2.53 bits per heavy atom. The van der Waals surface area contributed by atoms with Gasteiger partial charge in [-0.25, -0.2) is 0 Å². The molecule has 0 fully saturated rings. The number of hydrogen-bond donors (Lipinski definition) is 3. The van der Waals surface area contributed by atoms with Gasteiger partial charge in [-0.2, -0.15) is 0 Å². The van der Waals surface area contributed by atoms with Crippen LogP contribution in [0.3, 0.4) is 0 Å². The van der Waals surface area contributed by atoms with E-state index >= 15 is 0 Å². The monoisotopic (exact) mass is 240 g/mol. The number of fused-ring (bicyclic) bond motifs is 1. The second-order valence-corrected chi connectivity index (χ2v) is 3.95. The van der Waals surface area contributed by atoms with Gasteiger partial charge in [-0.1, -0.05) is 6.07 Å². The van der Waals surface area contributed by atoms with Crippen LogP contribution in [-0.4, -0.2) is 41.2 Å². The van der Waals surface area contributed by atoms with E-state index in [4.69, 9.17) is 14.6 Å². The van der Waals surface area contributed by atoms with Crippen molar-refractivity contribution in [3.63, 3.8) is 0 Å². The van der Waals surface area contributed by atoms with Gasteiger partial charge in [0.05, 0.1) is 19.8 Å². The van der Waals surface area contributed by atoms with Crippen molar-refractivity contribution in [3.8, 4) is 11.5 Å². The van der Waals surface area contributed by atoms with Crippen molar-refractivity contribution in [2.45, 2.75) is 18.6 Å². The summed E-state index contributed by atoms with van der Waals surface area (Å²) in [7, 11) is 0. The zero-order chi connectivity index (χ0) is 12.3. The maximum absolute atomic E-state index is 9.75. The minimum absolute atomic E-state index is 0.490. The fourth-order valence-electron chi connectivity index (χ4n) is 1.69. The quantitative estimate of drug-likeness (QED) is 0.705. The molecule has 2 rings (SSSR count). The van der Waals surface area contributed by atoms with Gasteiger partial charge in [0.1, 0.15) is 12.2 Å². The van der Waals surface area contributed by atoms with Crippen LogP contribution in [0.2, 0.25) is 0 Å². The van der Waals surface area contributed by atoms with Crippen LogP contribution in [0.4, 0.5) is 0 Å². The van der Waals surface area contributed by atoms with Crippen molar-refractivity contribution in [2.75, 3.05) is 19.8 Å². The second-order valence-electron chi connectivity index (χ2n) is 3.95. The molecule has 2 unspecified atom stereocenters. The third kappa shape index (κ3) is 2.69. The maximum Gasteiger partial charge on any atom is 0.161 e. The van der Waals surface area contributed by atoms with Crippen molar-refractivity contribution in [3.05, 3.63) is 23.8 Å². The van der Waals surface area contributed by atoms with E-state index in [-0.39, 0.29) is 0 Å². The van der Waals surface area contributed by atoms with Gasteiger partial charge in [0.25, 0.3) is 0 Å². The molecule has 1 aliphatic heterocycles. The van der Waals surface area contributed by atoms with Crippen molar-refractivity contribution < 1.29 is 24.8 Å². The zero-order valence-electron chi connectivity index (χ0n) is 9.37. The lowest BCUT2D eigenvalue weighted by Crippen LogP contribution is -2.22. The summed E-state index contributed by atoms with van der Waals surface area (Å²) in [6.45, 7) is 0.679. The SMILES string of the molecule is OCC(O)C(O)c1ccc2c(c1)OCCCO2. The average molecular weight is 240 g/mol. The van der Waals surface area contributed by atoms with E-state index in [1.54, 1.807) is 18.2 Å². The highest BCUT2D eigenvalue weighted by molar-refractivity contribution is 5.44. The van der Waals surface area contributed by atoms with E-state index in [1.165, 1.54) is 0 Å². The molecule has 3 N–H and O–H groups in total. The van der Waals surface area contributed by atoms with E-state index in [2.05, 4.69) is 0 Å². The Kier molecular flexibility index (Phi) is 3.83. The summed E-state index contributed by atoms with van der Waals surface area (Å²) in [4.78, 5) is 0. The lowest BCUT2D eigenvalue weighted by molar-refractivity contribution is -0.0153. The van der Waals surface area contributed by atoms with Crippen molar-refractivity contribution >= 4 is 0 Å². The molecule has 0 bridgehead atoms. The van der Waals surface area contributed by atoms with Crippen LogP contribution in [-0.2, 0) is 0 Å². The first-order chi connectivity index (χ1) is 8.22. The van der Waals surface area contributed by atoms with Gasteiger partial charge in [-0.05, 0) is 17.7 Å². The Hall–Kier alpha value is -1.30. The molecule has 94 valence electrons. The van der Waals surface area contributed by atoms with E-state index in [0.717, 1.165) is 6.42 Å². The molecular formula is C12H16O5. The third-order valence-electron chi connectivity index (χ3n) is 2.66. The number of hydrogen-bond acceptors (Lipinski definition) is 5. The molecule has 0 spiro atoms. The molecule has 5 heteroatoms. The molecule has 5 nitrogen and oxygen atoms in total. The molecule has 1 heterocycles. The lowest BCUT2D eigenvalue weighted by atomic mass is 10.0. The maximum atomic E-state index is 9.75. The minimum atomic E-state index is -1.19. The van der Waals surface area contributed by atoms with Crippen LogP contribution in [0.15, 0.2) is 18.2 Å². The van der Waals surface area contributed by atoms with Gasteiger partial charge < -0.3 is 24.8 Å². The smallest absolute Gasteiger partial charge is 0.161 e. The van der Waals surface area contributed by atoms with Gasteiger partial charge in [-0.15, -0.1) is 0 Å². The summed E-state index contributed by atoms with van der Waals surface area (Å²) in [6, 6.07) is 4.98. The molecule has 1 aromatic carbocycles. The highest BCUT2D eigenvalue weighted by atomic mass is 16.5. The molecule has 0 aliphatic carbocycles. The fourth-order valence-corrected chi connectivity index (χ4v) is 1.69. The normalized spacial score (nSPS) is 18.3. The van der Waals surface area contributed by atoms with Crippen molar-refractivity contribution in [2.24, 2.45) is 0 Å². The van der Waals surface area contributed by atoms with Gasteiger partial charge >= 0.3 is 0 Å². The number of aliphatic hydroxyl groups is 3. The third-order valence-corrected chi connectivity index (χ3v) is 2.66. The summed E-state index contributed by atoms with van der Waals surface area (Å²) in [6.07, 6.45) is -1.51. The zero-order valence-corrected chi connectivity index (χ0v) is 9.37. The first-order valence-electron chi connectivity index (χ1n) is 5.59. The Bertz CT molecular complexity index is 379. The van der Waals surface area contributed by atoms with Gasteiger partial charge in [-0.3, -0.25) is 0 Å². The van der Waals surface area contributed by atoms with E-state index in [0.29, 0.717) is 30.3 Å². The van der Waals surface area contributed by atoms with Crippen molar-refractivity contribution in [1.29, 1.82) is 0 Å². The molecule has 2 atom stereocenters. The van der Waals surface area contributed by atoms with Gasteiger partial charge in [0, 0.05) is 6.42 Å². The Balaban J connectivity index is 2.23. The number of ether oxygens (including phenoxy) is 2. The highest BCUT2D eigenvalue weighted by Gasteiger charge is 2.20. The molecule has 0 amide bonds. The van der Waals surface area contributed by atoms with E-state index in [1.807, 2.05) is 0 Å². The Morgan fingerprint density at radius 2 is 1.82 bits per heavy atom. The number of rotatable bonds is 3. The fraction of sp³-hybridized carbons (Fsp3) is 0.500. The summed E-state index contributed by atoms with van der Waals surface area (Å²) >= 11 is 0. The van der Waals surface area contributed by atoms with E-state index in [9.17, 15) is 10.2 Å². The van der Waals surface area contributed by atoms with Crippen molar-refractivity contribution in [1.82, 2.24) is 0 Å². The van der Waals surface area contributed by atoms with Crippen LogP contribution in [0.1, 0.15) is 18.1 Å². The molecule has 1 aromatic rings. The van der Waals surface area contributed by atoms with Crippen LogP contribution < -0.4 is 9.47 Å². The highest BCUT2D eigenvalue weighted by Crippen LogP contribution is 2.32. The first kappa shape index (κ1) is 12.2. The molecular weight excluding hydrogens is 224 g/mol. The summed E-state index contributed by atoms with van der Waals surface area (Å²) in [5.41, 5.74) is 0.496. The molecule has 0 radical (unpaired) electrons. The predicted molar refractivity (Wildman–Crippen MR) is 60.1 cm³/mol. The summed E-state index contributed by atoms with van der Waals surface area (Å²) < 4.78 is 10.9. The number of benzene rings is 1. The number of aliphatic hydroxyl groups excluding tert-OH is 3. The standard InChI is InChI=1S/C12H16O5/c13-7-9(14)12(15)8-2-3-10-11(6-8)17-5-1-4-16-10/h2-3,6,9,12-15H,1,4-5,7H2. The average Bonchev–Trinajstić information content (AvgIpc) is 2.61. The lowest BCUT2D eigenvalue weighted by Gasteiger charge is -2.17. The summed E-state index contributed by atoms with van der Waals surface area (Å²) in [5, 5.41) is 27.9. The van der Waals surface area contributed by atoms with Crippen LogP contribution in [0.5, 0.6) is 11.5 Å².